The smallest absolute Gasteiger partial charge is 0.123 e. The number of rotatable bonds is 3. The van der Waals surface area contributed by atoms with Crippen LogP contribution in [-0.4, -0.2) is 47.5 Å². The molecule has 1 aromatic rings. The van der Waals surface area contributed by atoms with Crippen LogP contribution in [-0.2, 0) is 6.54 Å². The van der Waals surface area contributed by atoms with Gasteiger partial charge in [-0.15, -0.1) is 0 Å². The second-order valence-electron chi connectivity index (χ2n) is 4.58. The van der Waals surface area contributed by atoms with Gasteiger partial charge in [0.25, 0.3) is 0 Å². The summed E-state index contributed by atoms with van der Waals surface area (Å²) in [7, 11) is 2.16. The molecule has 6 heteroatoms. The van der Waals surface area contributed by atoms with E-state index < -0.39 is 0 Å². The van der Waals surface area contributed by atoms with Gasteiger partial charge in [-0.05, 0) is 50.7 Å². The van der Waals surface area contributed by atoms with Gasteiger partial charge >= 0.3 is 0 Å². The molecule has 2 rings (SSSR count). The van der Waals surface area contributed by atoms with Gasteiger partial charge < -0.3 is 26.6 Å². The predicted molar refractivity (Wildman–Crippen MR) is 74.6 cm³/mol. The molecule has 1 heterocycles. The van der Waals surface area contributed by atoms with E-state index >= 15 is 0 Å². The highest BCUT2D eigenvalue weighted by atomic mass is 19.1. The molecule has 19 heavy (non-hydrogen) atoms. The fraction of sp³-hybridized carbons (Fsp3) is 0.538. The lowest BCUT2D eigenvalue weighted by atomic mass is 10.1. The summed E-state index contributed by atoms with van der Waals surface area (Å²) in [6.07, 6.45) is 2.41. The van der Waals surface area contributed by atoms with Gasteiger partial charge in [-0.25, -0.2) is 4.39 Å². The van der Waals surface area contributed by atoms with Crippen molar-refractivity contribution >= 4 is 0 Å². The molecule has 1 saturated heterocycles. The molecular weight excluding hydrogens is 251 g/mol. The van der Waals surface area contributed by atoms with Crippen molar-refractivity contribution < 1.29 is 20.8 Å². The summed E-state index contributed by atoms with van der Waals surface area (Å²) in [5.74, 6) is -0.164. The average Bonchev–Trinajstić information content (AvgIpc) is 2.30. The third kappa shape index (κ3) is 6.60. The van der Waals surface area contributed by atoms with E-state index in [4.69, 9.17) is 0 Å². The van der Waals surface area contributed by atoms with Crippen molar-refractivity contribution in [3.05, 3.63) is 35.6 Å². The fourth-order valence-corrected chi connectivity index (χ4v) is 2.08. The van der Waals surface area contributed by atoms with Crippen LogP contribution in [0.1, 0.15) is 18.4 Å². The SMILES string of the molecule is CN1CCC(NCc2ccc(F)cc2)CC1.O.O.O. The Labute approximate surface area is 113 Å². The Morgan fingerprint density at radius 3 is 2.16 bits per heavy atom. The minimum Gasteiger partial charge on any atom is -0.412 e. The minimum atomic E-state index is -0.164. The van der Waals surface area contributed by atoms with Gasteiger partial charge in [0, 0.05) is 12.6 Å². The monoisotopic (exact) mass is 276 g/mol. The maximum atomic E-state index is 12.7. The van der Waals surface area contributed by atoms with Crippen LogP contribution >= 0.6 is 0 Å². The van der Waals surface area contributed by atoms with Crippen LogP contribution in [0.3, 0.4) is 0 Å². The van der Waals surface area contributed by atoms with Crippen LogP contribution in [0.25, 0.3) is 0 Å². The van der Waals surface area contributed by atoms with Crippen LogP contribution < -0.4 is 5.32 Å². The molecule has 1 aromatic carbocycles. The molecule has 0 amide bonds. The zero-order valence-corrected chi connectivity index (χ0v) is 11.2. The van der Waals surface area contributed by atoms with Crippen LogP contribution in [0, 0.1) is 5.82 Å². The Morgan fingerprint density at radius 2 is 1.63 bits per heavy atom. The van der Waals surface area contributed by atoms with E-state index in [0.717, 1.165) is 12.1 Å². The molecule has 0 spiro atoms. The summed E-state index contributed by atoms with van der Waals surface area (Å²) in [4.78, 5) is 2.36. The van der Waals surface area contributed by atoms with E-state index in [1.165, 1.54) is 38.1 Å². The summed E-state index contributed by atoms with van der Waals surface area (Å²) in [6, 6.07) is 7.34. The van der Waals surface area contributed by atoms with E-state index in [0.29, 0.717) is 6.04 Å². The Morgan fingerprint density at radius 1 is 1.11 bits per heavy atom. The molecule has 0 saturated carbocycles. The maximum absolute atomic E-state index is 12.7. The molecule has 0 aliphatic carbocycles. The van der Waals surface area contributed by atoms with Crippen molar-refractivity contribution in [1.82, 2.24) is 10.2 Å². The van der Waals surface area contributed by atoms with Gasteiger partial charge in [-0.3, -0.25) is 0 Å². The molecule has 7 N–H and O–H groups in total. The first-order chi connectivity index (χ1) is 7.74. The Balaban J connectivity index is 0. The van der Waals surface area contributed by atoms with Crippen molar-refractivity contribution in [2.75, 3.05) is 20.1 Å². The lowest BCUT2D eigenvalue weighted by Crippen LogP contribution is -2.40. The first kappa shape index (κ1) is 20.3. The molecule has 0 bridgehead atoms. The van der Waals surface area contributed by atoms with E-state index in [9.17, 15) is 4.39 Å². The fourth-order valence-electron chi connectivity index (χ4n) is 2.08. The zero-order valence-electron chi connectivity index (χ0n) is 11.2. The van der Waals surface area contributed by atoms with Crippen molar-refractivity contribution in [2.45, 2.75) is 25.4 Å². The normalized spacial score (nSPS) is 15.9. The Hall–Kier alpha value is -1.05. The van der Waals surface area contributed by atoms with Gasteiger partial charge in [-0.1, -0.05) is 12.1 Å². The van der Waals surface area contributed by atoms with Crippen LogP contribution in [0.15, 0.2) is 24.3 Å². The molecule has 0 unspecified atom stereocenters. The van der Waals surface area contributed by atoms with Crippen LogP contribution in [0.4, 0.5) is 4.39 Å². The van der Waals surface area contributed by atoms with Crippen molar-refractivity contribution in [3.63, 3.8) is 0 Å². The number of likely N-dealkylation sites (tertiary alicyclic amines) is 1. The minimum absolute atomic E-state index is 0. The Bertz CT molecular complexity index is 327. The largest absolute Gasteiger partial charge is 0.412 e. The summed E-state index contributed by atoms with van der Waals surface area (Å²) < 4.78 is 12.7. The summed E-state index contributed by atoms with van der Waals surface area (Å²) in [5, 5.41) is 3.53. The third-order valence-corrected chi connectivity index (χ3v) is 3.23. The molecule has 112 valence electrons. The standard InChI is InChI=1S/C13H19FN2.3H2O/c1-16-8-6-13(7-9-16)15-10-11-2-4-12(14)5-3-11;;;/h2-5,13,15H,6-10H2,1H3;3*1H2. The number of hydrogen-bond donors (Lipinski definition) is 1. The molecule has 0 atom stereocenters. The number of halogens is 1. The van der Waals surface area contributed by atoms with Crippen molar-refractivity contribution in [3.8, 4) is 0 Å². The van der Waals surface area contributed by atoms with Crippen molar-refractivity contribution in [2.24, 2.45) is 0 Å². The third-order valence-electron chi connectivity index (χ3n) is 3.23. The highest BCUT2D eigenvalue weighted by molar-refractivity contribution is 5.15. The molecule has 0 aromatic heterocycles. The number of nitrogens with one attached hydrogen (secondary N) is 1. The zero-order chi connectivity index (χ0) is 11.4. The lowest BCUT2D eigenvalue weighted by molar-refractivity contribution is 0.234. The van der Waals surface area contributed by atoms with Gasteiger partial charge in [0.05, 0.1) is 0 Å². The summed E-state index contributed by atoms with van der Waals surface area (Å²) >= 11 is 0. The first-order valence-electron chi connectivity index (χ1n) is 5.90. The topological polar surface area (TPSA) is 110 Å². The van der Waals surface area contributed by atoms with Gasteiger partial charge in [0.1, 0.15) is 5.82 Å². The summed E-state index contributed by atoms with van der Waals surface area (Å²) in [6.45, 7) is 3.18. The lowest BCUT2D eigenvalue weighted by Gasteiger charge is -2.29. The molecule has 0 radical (unpaired) electrons. The molecule has 1 aliphatic rings. The van der Waals surface area contributed by atoms with Gasteiger partial charge in [0.15, 0.2) is 0 Å². The quantitative estimate of drug-likeness (QED) is 0.805. The highest BCUT2D eigenvalue weighted by Gasteiger charge is 2.15. The van der Waals surface area contributed by atoms with Gasteiger partial charge in [0.2, 0.25) is 0 Å². The second kappa shape index (κ2) is 9.82. The van der Waals surface area contributed by atoms with Crippen LogP contribution in [0.2, 0.25) is 0 Å². The number of nitrogens with zero attached hydrogens (tertiary/aromatic N) is 1. The molecule has 1 fully saturated rings. The Kier molecular flexibility index (Phi) is 10.5. The van der Waals surface area contributed by atoms with E-state index in [1.807, 2.05) is 12.1 Å². The number of hydrogen-bond acceptors (Lipinski definition) is 2. The molecule has 1 aliphatic heterocycles. The summed E-state index contributed by atoms with van der Waals surface area (Å²) in [5.41, 5.74) is 1.15. The maximum Gasteiger partial charge on any atom is 0.123 e. The first-order valence-corrected chi connectivity index (χ1v) is 5.90. The van der Waals surface area contributed by atoms with Gasteiger partial charge in [-0.2, -0.15) is 0 Å². The van der Waals surface area contributed by atoms with E-state index in [2.05, 4.69) is 17.3 Å². The highest BCUT2D eigenvalue weighted by Crippen LogP contribution is 2.09. The van der Waals surface area contributed by atoms with E-state index in [-0.39, 0.29) is 22.2 Å². The van der Waals surface area contributed by atoms with E-state index in [1.54, 1.807) is 0 Å². The van der Waals surface area contributed by atoms with Crippen molar-refractivity contribution in [1.29, 1.82) is 0 Å². The molecular formula is C13H25FN2O3. The molecule has 5 nitrogen and oxygen atoms in total. The average molecular weight is 276 g/mol. The number of benzene rings is 1. The predicted octanol–water partition coefficient (Wildman–Crippen LogP) is -0.465. The number of piperidine rings is 1. The second-order valence-corrected chi connectivity index (χ2v) is 4.58. The van der Waals surface area contributed by atoms with Crippen LogP contribution in [0.5, 0.6) is 0 Å².